The highest BCUT2D eigenvalue weighted by atomic mass is 32.1. The van der Waals surface area contributed by atoms with Gasteiger partial charge in [0.05, 0.1) is 26.2 Å². The average molecular weight is 313 g/mol. The second-order valence-electron chi connectivity index (χ2n) is 5.75. The smallest absolute Gasteiger partial charge is 0.115 e. The molecule has 0 aliphatic carbocycles. The highest BCUT2D eigenvalue weighted by Crippen LogP contribution is 2.12. The fourth-order valence-electron chi connectivity index (χ4n) is 2.87. The molecule has 4 heteroatoms. The number of thiocarbonyl (C=S) groups is 1. The molecule has 0 amide bonds. The Labute approximate surface area is 136 Å². The van der Waals surface area contributed by atoms with E-state index in [1.54, 1.807) is 17.0 Å². The molecule has 1 heterocycles. The van der Waals surface area contributed by atoms with E-state index in [1.807, 2.05) is 12.1 Å². The summed E-state index contributed by atoms with van der Waals surface area (Å²) in [6.07, 6.45) is 0. The number of quaternary nitrogens is 1. The van der Waals surface area contributed by atoms with E-state index in [-0.39, 0.29) is 5.75 Å². The highest BCUT2D eigenvalue weighted by Gasteiger charge is 2.22. The summed E-state index contributed by atoms with van der Waals surface area (Å²) in [6, 6.07) is 17.8. The fraction of sp³-hybridized carbons (Fsp3) is 0.278. The van der Waals surface area contributed by atoms with Crippen molar-refractivity contribution >= 4 is 17.2 Å². The van der Waals surface area contributed by atoms with Crippen molar-refractivity contribution in [2.45, 2.75) is 6.54 Å². The molecule has 22 heavy (non-hydrogen) atoms. The van der Waals surface area contributed by atoms with Gasteiger partial charge in [0, 0.05) is 11.1 Å². The van der Waals surface area contributed by atoms with Crippen LogP contribution in [0.25, 0.3) is 0 Å². The van der Waals surface area contributed by atoms with Crippen molar-refractivity contribution in [2.24, 2.45) is 0 Å². The molecule has 0 bridgehead atoms. The Balaban J connectivity index is 1.55. The van der Waals surface area contributed by atoms with Crippen LogP contribution in [-0.4, -0.2) is 41.2 Å². The van der Waals surface area contributed by atoms with Crippen LogP contribution in [0.15, 0.2) is 54.6 Å². The first-order chi connectivity index (χ1) is 10.7. The van der Waals surface area contributed by atoms with Gasteiger partial charge in [0.25, 0.3) is 0 Å². The van der Waals surface area contributed by atoms with Crippen LogP contribution < -0.4 is 4.90 Å². The average Bonchev–Trinajstić information content (AvgIpc) is 2.57. The lowest BCUT2D eigenvalue weighted by atomic mass is 10.1. The Morgan fingerprint density at radius 2 is 1.64 bits per heavy atom. The lowest BCUT2D eigenvalue weighted by Crippen LogP contribution is -3.13. The quantitative estimate of drug-likeness (QED) is 0.841. The summed E-state index contributed by atoms with van der Waals surface area (Å²) >= 11 is 5.59. The minimum absolute atomic E-state index is 0.281. The number of phenols is 1. The van der Waals surface area contributed by atoms with Crippen LogP contribution >= 0.6 is 12.2 Å². The van der Waals surface area contributed by atoms with Crippen molar-refractivity contribution < 1.29 is 10.0 Å². The summed E-state index contributed by atoms with van der Waals surface area (Å²) < 4.78 is 0. The summed E-state index contributed by atoms with van der Waals surface area (Å²) in [5.74, 6) is 0.281. The Morgan fingerprint density at radius 3 is 2.27 bits per heavy atom. The highest BCUT2D eigenvalue weighted by molar-refractivity contribution is 7.80. The van der Waals surface area contributed by atoms with Gasteiger partial charge in [0.15, 0.2) is 0 Å². The zero-order valence-electron chi connectivity index (χ0n) is 12.5. The van der Waals surface area contributed by atoms with Crippen molar-refractivity contribution in [3.05, 3.63) is 65.7 Å². The first-order valence-corrected chi connectivity index (χ1v) is 8.09. The van der Waals surface area contributed by atoms with Crippen molar-refractivity contribution in [3.63, 3.8) is 0 Å². The van der Waals surface area contributed by atoms with Gasteiger partial charge in [-0.25, -0.2) is 0 Å². The van der Waals surface area contributed by atoms with Crippen LogP contribution in [-0.2, 0) is 6.54 Å². The van der Waals surface area contributed by atoms with Crippen LogP contribution in [0.5, 0.6) is 5.75 Å². The molecule has 3 nitrogen and oxygen atoms in total. The third-order valence-corrected chi connectivity index (χ3v) is 4.66. The van der Waals surface area contributed by atoms with Gasteiger partial charge in [0.2, 0.25) is 0 Å². The van der Waals surface area contributed by atoms with Gasteiger partial charge in [-0.05, 0) is 24.3 Å². The predicted molar refractivity (Wildman–Crippen MR) is 92.2 cm³/mol. The molecule has 2 aromatic rings. The third kappa shape index (κ3) is 3.64. The standard InChI is InChI=1S/C18H20N2OS/c21-17-8-6-16(7-9-17)18(22)20-12-10-19(11-13-20)14-15-4-2-1-3-5-15/h1-9,21H,10-14H2/p+1. The van der Waals surface area contributed by atoms with E-state index in [1.165, 1.54) is 5.56 Å². The minimum Gasteiger partial charge on any atom is -0.508 e. The zero-order chi connectivity index (χ0) is 15.4. The predicted octanol–water partition coefficient (Wildman–Crippen LogP) is 1.47. The van der Waals surface area contributed by atoms with Gasteiger partial charge >= 0.3 is 0 Å². The number of rotatable bonds is 3. The molecule has 1 aliphatic heterocycles. The van der Waals surface area contributed by atoms with Crippen LogP contribution in [0, 0.1) is 0 Å². The number of piperazine rings is 1. The topological polar surface area (TPSA) is 27.9 Å². The second-order valence-corrected chi connectivity index (χ2v) is 6.14. The lowest BCUT2D eigenvalue weighted by molar-refractivity contribution is -0.917. The summed E-state index contributed by atoms with van der Waals surface area (Å²) in [6.45, 7) is 5.27. The molecule has 1 aliphatic rings. The Kier molecular flexibility index (Phi) is 4.71. The van der Waals surface area contributed by atoms with E-state index in [9.17, 15) is 5.11 Å². The van der Waals surface area contributed by atoms with E-state index in [4.69, 9.17) is 12.2 Å². The van der Waals surface area contributed by atoms with Crippen LogP contribution in [0.1, 0.15) is 11.1 Å². The molecule has 1 saturated heterocycles. The van der Waals surface area contributed by atoms with E-state index < -0.39 is 0 Å². The number of hydrogen-bond donors (Lipinski definition) is 2. The summed E-state index contributed by atoms with van der Waals surface area (Å²) in [7, 11) is 0. The van der Waals surface area contributed by atoms with Gasteiger partial charge in [-0.3, -0.25) is 0 Å². The fourth-order valence-corrected chi connectivity index (χ4v) is 3.19. The molecule has 0 saturated carbocycles. The van der Waals surface area contributed by atoms with Gasteiger partial charge in [-0.2, -0.15) is 0 Å². The van der Waals surface area contributed by atoms with Crippen molar-refractivity contribution in [1.29, 1.82) is 0 Å². The maximum absolute atomic E-state index is 9.36. The molecule has 0 aromatic heterocycles. The maximum atomic E-state index is 9.36. The van der Waals surface area contributed by atoms with Gasteiger partial charge in [-0.15, -0.1) is 0 Å². The molecule has 0 unspecified atom stereocenters. The molecule has 3 rings (SSSR count). The summed E-state index contributed by atoms with van der Waals surface area (Å²) in [5.41, 5.74) is 2.41. The minimum atomic E-state index is 0.281. The summed E-state index contributed by atoms with van der Waals surface area (Å²) in [5, 5.41) is 9.36. The first kappa shape index (κ1) is 15.0. The normalized spacial score (nSPS) is 15.7. The van der Waals surface area contributed by atoms with Gasteiger partial charge < -0.3 is 14.9 Å². The Hall–Kier alpha value is -1.91. The number of nitrogens with zero attached hydrogens (tertiary/aromatic N) is 1. The third-order valence-electron chi connectivity index (χ3n) is 4.17. The van der Waals surface area contributed by atoms with Gasteiger partial charge in [0.1, 0.15) is 17.3 Å². The van der Waals surface area contributed by atoms with Crippen LogP contribution in [0.3, 0.4) is 0 Å². The molecule has 0 atom stereocenters. The zero-order valence-corrected chi connectivity index (χ0v) is 13.4. The van der Waals surface area contributed by atoms with E-state index in [0.29, 0.717) is 0 Å². The molecular formula is C18H21N2OS+. The number of aromatic hydroxyl groups is 1. The van der Waals surface area contributed by atoms with E-state index in [2.05, 4.69) is 35.2 Å². The number of phenolic OH excluding ortho intramolecular Hbond substituents is 1. The van der Waals surface area contributed by atoms with Crippen molar-refractivity contribution in [3.8, 4) is 5.75 Å². The van der Waals surface area contributed by atoms with Crippen molar-refractivity contribution in [1.82, 2.24) is 4.90 Å². The number of benzene rings is 2. The lowest BCUT2D eigenvalue weighted by Gasteiger charge is -2.34. The SMILES string of the molecule is Oc1ccc(C(=S)N2CC[NH+](Cc3ccccc3)CC2)cc1. The Bertz CT molecular complexity index is 619. The van der Waals surface area contributed by atoms with Crippen LogP contribution in [0.2, 0.25) is 0 Å². The van der Waals surface area contributed by atoms with Crippen molar-refractivity contribution in [2.75, 3.05) is 26.2 Å². The molecular weight excluding hydrogens is 292 g/mol. The number of nitrogens with one attached hydrogen (secondary N) is 1. The Morgan fingerprint density at radius 1 is 1.00 bits per heavy atom. The molecule has 0 spiro atoms. The second kappa shape index (κ2) is 6.90. The maximum Gasteiger partial charge on any atom is 0.115 e. The first-order valence-electron chi connectivity index (χ1n) is 7.68. The molecule has 114 valence electrons. The van der Waals surface area contributed by atoms with E-state index >= 15 is 0 Å². The van der Waals surface area contributed by atoms with E-state index in [0.717, 1.165) is 43.3 Å². The summed E-state index contributed by atoms with van der Waals surface area (Å²) in [4.78, 5) is 4.77. The molecule has 0 radical (unpaired) electrons. The largest absolute Gasteiger partial charge is 0.508 e. The number of hydrogen-bond acceptors (Lipinski definition) is 2. The van der Waals surface area contributed by atoms with Gasteiger partial charge in [-0.1, -0.05) is 42.5 Å². The monoisotopic (exact) mass is 313 g/mol. The molecule has 1 fully saturated rings. The molecule has 2 N–H and O–H groups in total. The van der Waals surface area contributed by atoms with Crippen LogP contribution in [0.4, 0.5) is 0 Å². The molecule has 2 aromatic carbocycles.